The molecule has 1 saturated heterocycles. The van der Waals surface area contributed by atoms with Crippen LogP contribution in [-0.2, 0) is 12.8 Å². The molecule has 1 aliphatic carbocycles. The van der Waals surface area contributed by atoms with Gasteiger partial charge in [0.1, 0.15) is 16.5 Å². The molecule has 1 amide bonds. The lowest BCUT2D eigenvalue weighted by molar-refractivity contribution is -0.384. The minimum absolute atomic E-state index is 0.00819. The number of anilines is 1. The third-order valence-electron chi connectivity index (χ3n) is 7.31. The number of rotatable bonds is 5. The van der Waals surface area contributed by atoms with E-state index in [1.54, 1.807) is 12.1 Å². The second-order valence-electron chi connectivity index (χ2n) is 9.54. The Balaban J connectivity index is 1.41. The van der Waals surface area contributed by atoms with E-state index >= 15 is 0 Å². The van der Waals surface area contributed by atoms with Gasteiger partial charge in [0.05, 0.1) is 10.3 Å². The molecule has 1 fully saturated rings. The van der Waals surface area contributed by atoms with Gasteiger partial charge in [0, 0.05) is 54.7 Å². The summed E-state index contributed by atoms with van der Waals surface area (Å²) in [5, 5.41) is 12.1. The van der Waals surface area contributed by atoms with Crippen LogP contribution in [0, 0.1) is 10.1 Å². The van der Waals surface area contributed by atoms with Crippen molar-refractivity contribution < 1.29 is 9.72 Å². The predicted octanol–water partition coefficient (Wildman–Crippen LogP) is 5.34. The number of thiophene rings is 1. The minimum atomic E-state index is -0.450. The number of carbonyl (C=O) groups is 1. The number of fused-ring (bicyclic) bond motifs is 3. The zero-order valence-electron chi connectivity index (χ0n) is 20.3. The predicted molar refractivity (Wildman–Crippen MR) is 139 cm³/mol. The number of nitro groups is 1. The second-order valence-corrected chi connectivity index (χ2v) is 10.6. The quantitative estimate of drug-likeness (QED) is 0.270. The summed E-state index contributed by atoms with van der Waals surface area (Å²) < 4.78 is 0. The van der Waals surface area contributed by atoms with Crippen molar-refractivity contribution in [3.05, 3.63) is 56.2 Å². The fourth-order valence-electron chi connectivity index (χ4n) is 4.99. The number of nitrogens with zero attached hydrogens (tertiary/aromatic N) is 5. The van der Waals surface area contributed by atoms with Crippen molar-refractivity contribution >= 4 is 39.0 Å². The van der Waals surface area contributed by atoms with Crippen LogP contribution in [-0.4, -0.2) is 51.9 Å². The Labute approximate surface area is 209 Å². The molecule has 9 heteroatoms. The van der Waals surface area contributed by atoms with Gasteiger partial charge in [-0.15, -0.1) is 11.3 Å². The lowest BCUT2D eigenvalue weighted by Gasteiger charge is -2.36. The zero-order chi connectivity index (χ0) is 24.5. The average Bonchev–Trinajstić information content (AvgIpc) is 3.08. The van der Waals surface area contributed by atoms with Gasteiger partial charge in [-0.25, -0.2) is 9.97 Å². The number of hydrogen-bond acceptors (Lipinski definition) is 7. The third kappa shape index (κ3) is 4.61. The van der Waals surface area contributed by atoms with Crippen molar-refractivity contribution in [2.75, 3.05) is 31.1 Å². The van der Waals surface area contributed by atoms with Gasteiger partial charge in [0.2, 0.25) is 0 Å². The molecule has 0 saturated carbocycles. The molecule has 0 unspecified atom stereocenters. The number of nitro benzene ring substituents is 1. The number of aromatic nitrogens is 2. The molecule has 2 aromatic heterocycles. The standard InChI is InChI=1S/C26H31N5O3S/c1-3-17(2)23-27-24(22-20-7-5-4-6-8-21(20)35-25(22)28-23)29-13-15-30(16-14-29)26(32)18-9-11-19(12-10-18)31(33)34/h9-12,17H,3-8,13-16H2,1-2H3/t17-/m0/s1. The van der Waals surface area contributed by atoms with Gasteiger partial charge in [-0.3, -0.25) is 14.9 Å². The Morgan fingerprint density at radius 2 is 1.80 bits per heavy atom. The van der Waals surface area contributed by atoms with Crippen LogP contribution in [0.3, 0.4) is 0 Å². The molecule has 0 bridgehead atoms. The van der Waals surface area contributed by atoms with Crippen LogP contribution >= 0.6 is 11.3 Å². The fourth-order valence-corrected chi connectivity index (χ4v) is 6.26. The summed E-state index contributed by atoms with van der Waals surface area (Å²) >= 11 is 1.85. The highest BCUT2D eigenvalue weighted by molar-refractivity contribution is 7.19. The third-order valence-corrected chi connectivity index (χ3v) is 8.49. The van der Waals surface area contributed by atoms with E-state index in [4.69, 9.17) is 9.97 Å². The van der Waals surface area contributed by atoms with Gasteiger partial charge in [-0.05, 0) is 49.8 Å². The van der Waals surface area contributed by atoms with Gasteiger partial charge in [-0.2, -0.15) is 0 Å². The number of amides is 1. The molecular formula is C26H31N5O3S. The molecule has 2 aliphatic rings. The highest BCUT2D eigenvalue weighted by Gasteiger charge is 2.28. The smallest absolute Gasteiger partial charge is 0.269 e. The van der Waals surface area contributed by atoms with Gasteiger partial charge in [0.25, 0.3) is 11.6 Å². The van der Waals surface area contributed by atoms with Crippen molar-refractivity contribution in [3.8, 4) is 0 Å². The maximum Gasteiger partial charge on any atom is 0.269 e. The Morgan fingerprint density at radius 3 is 2.49 bits per heavy atom. The first kappa shape index (κ1) is 23.7. The van der Waals surface area contributed by atoms with E-state index < -0.39 is 4.92 Å². The maximum atomic E-state index is 13.0. The molecule has 0 spiro atoms. The Bertz CT molecular complexity index is 1250. The normalized spacial score (nSPS) is 17.2. The Hall–Kier alpha value is -3.07. The number of aryl methyl sites for hydroxylation is 2. The molecule has 184 valence electrons. The monoisotopic (exact) mass is 493 g/mol. The highest BCUT2D eigenvalue weighted by atomic mass is 32.1. The molecule has 5 rings (SSSR count). The molecule has 0 N–H and O–H groups in total. The molecule has 35 heavy (non-hydrogen) atoms. The topological polar surface area (TPSA) is 92.5 Å². The van der Waals surface area contributed by atoms with E-state index in [0.717, 1.165) is 35.7 Å². The summed E-state index contributed by atoms with van der Waals surface area (Å²) in [6.07, 6.45) is 6.94. The van der Waals surface area contributed by atoms with Crippen LogP contribution in [0.5, 0.6) is 0 Å². The second kappa shape index (κ2) is 9.89. The lowest BCUT2D eigenvalue weighted by atomic mass is 10.1. The zero-order valence-corrected chi connectivity index (χ0v) is 21.1. The van der Waals surface area contributed by atoms with E-state index in [2.05, 4.69) is 18.7 Å². The van der Waals surface area contributed by atoms with Crippen LogP contribution in [0.15, 0.2) is 24.3 Å². The maximum absolute atomic E-state index is 13.0. The number of hydrogen-bond donors (Lipinski definition) is 0. The lowest BCUT2D eigenvalue weighted by Crippen LogP contribution is -2.49. The first-order valence-electron chi connectivity index (χ1n) is 12.6. The van der Waals surface area contributed by atoms with Crippen molar-refractivity contribution in [1.82, 2.24) is 14.9 Å². The van der Waals surface area contributed by atoms with Crippen LogP contribution in [0.25, 0.3) is 10.2 Å². The number of benzene rings is 1. The summed E-state index contributed by atoms with van der Waals surface area (Å²) in [7, 11) is 0. The van der Waals surface area contributed by atoms with Crippen molar-refractivity contribution in [1.29, 1.82) is 0 Å². The van der Waals surface area contributed by atoms with Gasteiger partial charge in [0.15, 0.2) is 0 Å². The molecule has 0 radical (unpaired) electrons. The summed E-state index contributed by atoms with van der Waals surface area (Å²) in [5.41, 5.74) is 1.92. The first-order chi connectivity index (χ1) is 17.0. The van der Waals surface area contributed by atoms with E-state index in [-0.39, 0.29) is 11.6 Å². The Kier molecular flexibility index (Phi) is 6.69. The summed E-state index contributed by atoms with van der Waals surface area (Å²) in [6, 6.07) is 5.86. The van der Waals surface area contributed by atoms with E-state index in [1.807, 2.05) is 16.2 Å². The Morgan fingerprint density at radius 1 is 1.09 bits per heavy atom. The van der Waals surface area contributed by atoms with Crippen molar-refractivity contribution in [2.45, 2.75) is 58.3 Å². The summed E-state index contributed by atoms with van der Waals surface area (Å²) in [5.74, 6) is 2.16. The molecular weight excluding hydrogens is 462 g/mol. The molecule has 1 aromatic carbocycles. The first-order valence-corrected chi connectivity index (χ1v) is 13.4. The van der Waals surface area contributed by atoms with Crippen LogP contribution in [0.1, 0.15) is 72.1 Å². The molecule has 1 aliphatic heterocycles. The van der Waals surface area contributed by atoms with Gasteiger partial charge in [-0.1, -0.05) is 20.3 Å². The molecule has 8 nitrogen and oxygen atoms in total. The molecule has 3 heterocycles. The number of non-ortho nitro benzene ring substituents is 1. The minimum Gasteiger partial charge on any atom is -0.352 e. The molecule has 1 atom stereocenters. The largest absolute Gasteiger partial charge is 0.352 e. The van der Waals surface area contributed by atoms with Gasteiger partial charge >= 0.3 is 0 Å². The van der Waals surface area contributed by atoms with E-state index in [9.17, 15) is 14.9 Å². The van der Waals surface area contributed by atoms with Crippen LogP contribution in [0.4, 0.5) is 11.5 Å². The average molecular weight is 494 g/mol. The summed E-state index contributed by atoms with van der Waals surface area (Å²) in [6.45, 7) is 6.94. The van der Waals surface area contributed by atoms with E-state index in [0.29, 0.717) is 37.7 Å². The summed E-state index contributed by atoms with van der Waals surface area (Å²) in [4.78, 5) is 40.4. The SMILES string of the molecule is CC[C@H](C)c1nc(N2CCN(C(=O)c3ccc([N+](=O)[O-])cc3)CC2)c2c3c(sc2n1)CCCCC3. The van der Waals surface area contributed by atoms with E-state index in [1.165, 1.54) is 47.2 Å². The van der Waals surface area contributed by atoms with Crippen LogP contribution < -0.4 is 4.90 Å². The number of carbonyl (C=O) groups excluding carboxylic acids is 1. The van der Waals surface area contributed by atoms with Crippen molar-refractivity contribution in [2.24, 2.45) is 0 Å². The molecule has 3 aromatic rings. The van der Waals surface area contributed by atoms with Crippen LogP contribution in [0.2, 0.25) is 0 Å². The van der Waals surface area contributed by atoms with Crippen molar-refractivity contribution in [3.63, 3.8) is 0 Å². The fraction of sp³-hybridized carbons (Fsp3) is 0.500. The number of piperazine rings is 1. The highest BCUT2D eigenvalue weighted by Crippen LogP contribution is 2.40. The van der Waals surface area contributed by atoms with Gasteiger partial charge < -0.3 is 9.80 Å².